The number of fused-ring (bicyclic) bond motifs is 5. The van der Waals surface area contributed by atoms with Crippen LogP contribution in [0.5, 0.6) is 0 Å². The summed E-state index contributed by atoms with van der Waals surface area (Å²) in [4.78, 5) is 21.5. The Morgan fingerprint density at radius 1 is 0.308 bits per heavy atom. The van der Waals surface area contributed by atoms with Crippen LogP contribution < -0.4 is 0 Å². The minimum Gasteiger partial charge on any atom is -0.292 e. The number of pyridine rings is 1. The molecule has 3 heterocycles. The minimum absolute atomic E-state index is 0.658. The zero-order valence-electron chi connectivity index (χ0n) is 35.3. The quantitative estimate of drug-likeness (QED) is 0.143. The van der Waals surface area contributed by atoms with Crippen LogP contribution in [-0.2, 0) is 0 Å². The summed E-state index contributed by atoms with van der Waals surface area (Å²) in [5.41, 5.74) is 16.0. The number of rotatable bonds is 8. The molecule has 0 aliphatic rings. The predicted octanol–water partition coefficient (Wildman–Crippen LogP) is 15.2. The molecule has 0 radical (unpaired) electrons. The van der Waals surface area contributed by atoms with E-state index in [4.69, 9.17) is 19.9 Å². The molecule has 65 heavy (non-hydrogen) atoms. The van der Waals surface area contributed by atoms with Gasteiger partial charge in [0.05, 0.1) is 33.6 Å². The van der Waals surface area contributed by atoms with Crippen LogP contribution in [0.15, 0.2) is 237 Å². The first-order chi connectivity index (χ1) is 32.2. The van der Waals surface area contributed by atoms with Crippen LogP contribution in [0, 0.1) is 0 Å². The molecule has 5 nitrogen and oxygen atoms in total. The molecule has 0 fully saturated rings. The highest BCUT2D eigenvalue weighted by Crippen LogP contribution is 2.41. The van der Waals surface area contributed by atoms with Crippen molar-refractivity contribution in [1.29, 1.82) is 0 Å². The normalized spacial score (nSPS) is 11.4. The van der Waals surface area contributed by atoms with Gasteiger partial charge in [0.15, 0.2) is 5.82 Å². The molecule has 9 aromatic carbocycles. The molecule has 5 heteroatoms. The zero-order chi connectivity index (χ0) is 43.1. The van der Waals surface area contributed by atoms with Gasteiger partial charge in [0.25, 0.3) is 0 Å². The molecule has 12 rings (SSSR count). The molecule has 0 spiro atoms. The molecule has 0 N–H and O–H groups in total. The predicted molar refractivity (Wildman–Crippen MR) is 268 cm³/mol. The van der Waals surface area contributed by atoms with Crippen molar-refractivity contribution < 1.29 is 0 Å². The van der Waals surface area contributed by atoms with Gasteiger partial charge in [0.2, 0.25) is 0 Å². The Morgan fingerprint density at radius 3 is 1.48 bits per heavy atom. The summed E-state index contributed by atoms with van der Waals surface area (Å²) in [5.74, 6) is 1.53. The lowest BCUT2D eigenvalue weighted by Crippen LogP contribution is -1.97. The Hall–Kier alpha value is -8.80. The third kappa shape index (κ3) is 7.02. The van der Waals surface area contributed by atoms with E-state index in [1.54, 1.807) is 0 Å². The van der Waals surface area contributed by atoms with Gasteiger partial charge in [0.1, 0.15) is 5.82 Å². The van der Waals surface area contributed by atoms with Gasteiger partial charge in [-0.25, -0.2) is 19.9 Å². The average Bonchev–Trinajstić information content (AvgIpc) is 3.80. The summed E-state index contributed by atoms with van der Waals surface area (Å²) < 4.78 is 2.27. The second-order valence-electron chi connectivity index (χ2n) is 16.2. The van der Waals surface area contributed by atoms with E-state index in [-0.39, 0.29) is 0 Å². The number of aromatic nitrogens is 5. The number of para-hydroxylation sites is 2. The summed E-state index contributed by atoms with van der Waals surface area (Å²) in [7, 11) is 0. The second-order valence-corrected chi connectivity index (χ2v) is 16.2. The number of nitrogens with zero attached hydrogens (tertiary/aromatic N) is 5. The standard InChI is InChI=1S/C60H39N5/c1-5-16-40(17-6-1)42-28-32-44(33-29-42)53-39-54(63-59(62-53)45-34-30-43(31-35-45)41-18-7-2-8-19-41)47-22-15-23-48(38-47)57-56-51(50-26-13-14-27-52(50)61-57)36-37-55-58(56)64-60(46-20-9-3-10-21-46)65(55)49-24-11-4-12-25-49/h1-39H. The van der Waals surface area contributed by atoms with Crippen LogP contribution in [0.2, 0.25) is 0 Å². The molecule has 0 bridgehead atoms. The van der Waals surface area contributed by atoms with Crippen molar-refractivity contribution in [2.75, 3.05) is 0 Å². The maximum atomic E-state index is 5.50. The third-order valence-corrected chi connectivity index (χ3v) is 12.2. The fraction of sp³-hybridized carbons (Fsp3) is 0. The lowest BCUT2D eigenvalue weighted by atomic mass is 9.97. The zero-order valence-corrected chi connectivity index (χ0v) is 35.3. The van der Waals surface area contributed by atoms with Gasteiger partial charge < -0.3 is 0 Å². The van der Waals surface area contributed by atoms with E-state index in [2.05, 4.69) is 217 Å². The molecule has 0 amide bonds. The van der Waals surface area contributed by atoms with Crippen LogP contribution in [0.1, 0.15) is 0 Å². The average molecular weight is 830 g/mol. The first kappa shape index (κ1) is 37.9. The van der Waals surface area contributed by atoms with Crippen molar-refractivity contribution in [3.05, 3.63) is 237 Å². The van der Waals surface area contributed by atoms with Crippen LogP contribution >= 0.6 is 0 Å². The lowest BCUT2D eigenvalue weighted by Gasteiger charge is -2.14. The summed E-state index contributed by atoms with van der Waals surface area (Å²) in [6.07, 6.45) is 0. The highest BCUT2D eigenvalue weighted by Gasteiger charge is 2.21. The van der Waals surface area contributed by atoms with Gasteiger partial charge in [0, 0.05) is 44.3 Å². The van der Waals surface area contributed by atoms with E-state index in [9.17, 15) is 0 Å². The van der Waals surface area contributed by atoms with E-state index >= 15 is 0 Å². The van der Waals surface area contributed by atoms with E-state index in [0.29, 0.717) is 5.82 Å². The Kier molecular flexibility index (Phi) is 9.42. The van der Waals surface area contributed by atoms with Crippen molar-refractivity contribution in [3.8, 4) is 84.5 Å². The van der Waals surface area contributed by atoms with E-state index in [1.165, 1.54) is 11.1 Å². The van der Waals surface area contributed by atoms with Gasteiger partial charge in [-0.2, -0.15) is 0 Å². The van der Waals surface area contributed by atoms with Gasteiger partial charge in [-0.15, -0.1) is 0 Å². The highest BCUT2D eigenvalue weighted by atomic mass is 15.1. The second kappa shape index (κ2) is 16.2. The SMILES string of the molecule is c1ccc(-c2ccc(-c3cc(-c4cccc(-c5nc6ccccc6c6ccc7c(nc(-c8ccccc8)n7-c7ccccc7)c56)c4)nc(-c4ccc(-c5ccccc5)cc4)n3)cc2)cc1. The first-order valence-corrected chi connectivity index (χ1v) is 21.9. The summed E-state index contributed by atoms with van der Waals surface area (Å²) in [6, 6.07) is 82.5. The fourth-order valence-corrected chi connectivity index (χ4v) is 9.02. The Morgan fingerprint density at radius 2 is 0.815 bits per heavy atom. The van der Waals surface area contributed by atoms with Gasteiger partial charge in [-0.3, -0.25) is 4.57 Å². The summed E-state index contributed by atoms with van der Waals surface area (Å²) >= 11 is 0. The molecule has 0 aliphatic carbocycles. The molecule has 304 valence electrons. The summed E-state index contributed by atoms with van der Waals surface area (Å²) in [6.45, 7) is 0. The number of benzene rings is 9. The first-order valence-electron chi connectivity index (χ1n) is 21.9. The third-order valence-electron chi connectivity index (χ3n) is 12.2. The largest absolute Gasteiger partial charge is 0.292 e. The van der Waals surface area contributed by atoms with Gasteiger partial charge in [-0.05, 0) is 64.0 Å². The van der Waals surface area contributed by atoms with Gasteiger partial charge in [-0.1, -0.05) is 200 Å². The molecule has 0 atom stereocenters. The van der Waals surface area contributed by atoms with Crippen LogP contribution in [0.4, 0.5) is 0 Å². The van der Waals surface area contributed by atoms with Crippen LogP contribution in [0.25, 0.3) is 117 Å². The molecule has 3 aromatic heterocycles. The molecular weight excluding hydrogens is 791 g/mol. The summed E-state index contributed by atoms with van der Waals surface area (Å²) in [5, 5.41) is 3.19. The van der Waals surface area contributed by atoms with Crippen molar-refractivity contribution in [2.24, 2.45) is 0 Å². The van der Waals surface area contributed by atoms with Crippen molar-refractivity contribution in [1.82, 2.24) is 24.5 Å². The van der Waals surface area contributed by atoms with E-state index in [1.807, 2.05) is 24.3 Å². The van der Waals surface area contributed by atoms with Crippen molar-refractivity contribution in [2.45, 2.75) is 0 Å². The smallest absolute Gasteiger partial charge is 0.160 e. The Balaban J connectivity index is 1.04. The maximum Gasteiger partial charge on any atom is 0.160 e. The van der Waals surface area contributed by atoms with Crippen LogP contribution in [0.3, 0.4) is 0 Å². The maximum absolute atomic E-state index is 5.50. The molecule has 0 saturated heterocycles. The Labute approximate surface area is 376 Å². The number of imidazole rings is 1. The number of hydrogen-bond acceptors (Lipinski definition) is 4. The van der Waals surface area contributed by atoms with Crippen molar-refractivity contribution >= 4 is 32.7 Å². The monoisotopic (exact) mass is 829 g/mol. The molecule has 12 aromatic rings. The van der Waals surface area contributed by atoms with Crippen LogP contribution in [-0.4, -0.2) is 24.5 Å². The fourth-order valence-electron chi connectivity index (χ4n) is 9.02. The van der Waals surface area contributed by atoms with E-state index < -0.39 is 0 Å². The Bertz CT molecular complexity index is 3560. The van der Waals surface area contributed by atoms with E-state index in [0.717, 1.165) is 100 Å². The number of hydrogen-bond donors (Lipinski definition) is 0. The topological polar surface area (TPSA) is 56.5 Å². The highest BCUT2D eigenvalue weighted by molar-refractivity contribution is 6.20. The van der Waals surface area contributed by atoms with Gasteiger partial charge >= 0.3 is 0 Å². The van der Waals surface area contributed by atoms with Crippen molar-refractivity contribution in [3.63, 3.8) is 0 Å². The molecule has 0 unspecified atom stereocenters. The molecule has 0 aliphatic heterocycles. The molecular formula is C60H39N5. The minimum atomic E-state index is 0.658. The molecule has 0 saturated carbocycles. The lowest BCUT2D eigenvalue weighted by molar-refractivity contribution is 1.10.